The number of hydrogen-bond acceptors (Lipinski definition) is 4. The first-order valence-electron chi connectivity index (χ1n) is 8.43. The Morgan fingerprint density at radius 2 is 1.87 bits per heavy atom. The van der Waals surface area contributed by atoms with Gasteiger partial charge in [-0.1, -0.05) is 6.42 Å². The first-order chi connectivity index (χ1) is 11.2. The maximum Gasteiger partial charge on any atom is 0.225 e. The third-order valence-corrected chi connectivity index (χ3v) is 5.02. The summed E-state index contributed by atoms with van der Waals surface area (Å²) < 4.78 is 10.8. The SMILES string of the molecule is COc1ccc(OC)c(CN2CCN(C(=O)C3CCC3)CC2)c1. The van der Waals surface area contributed by atoms with Crippen LogP contribution in [0.3, 0.4) is 0 Å². The van der Waals surface area contributed by atoms with E-state index in [1.807, 2.05) is 23.1 Å². The molecule has 1 aliphatic heterocycles. The summed E-state index contributed by atoms with van der Waals surface area (Å²) in [5.41, 5.74) is 1.13. The topological polar surface area (TPSA) is 42.0 Å². The van der Waals surface area contributed by atoms with E-state index in [1.165, 1.54) is 6.42 Å². The number of benzene rings is 1. The predicted molar refractivity (Wildman–Crippen MR) is 88.7 cm³/mol. The standard InChI is InChI=1S/C18H26N2O3/c1-22-16-6-7-17(23-2)15(12-16)13-19-8-10-20(11-9-19)18(21)14-4-3-5-14/h6-7,12,14H,3-5,8-11,13H2,1-2H3. The minimum Gasteiger partial charge on any atom is -0.497 e. The lowest BCUT2D eigenvalue weighted by Crippen LogP contribution is -2.50. The van der Waals surface area contributed by atoms with Gasteiger partial charge in [0.1, 0.15) is 11.5 Å². The van der Waals surface area contributed by atoms with E-state index < -0.39 is 0 Å². The molecule has 0 spiro atoms. The molecular formula is C18H26N2O3. The van der Waals surface area contributed by atoms with Crippen LogP contribution in [0.4, 0.5) is 0 Å². The maximum atomic E-state index is 12.3. The Kier molecular flexibility index (Phi) is 5.06. The van der Waals surface area contributed by atoms with Crippen LogP contribution < -0.4 is 9.47 Å². The maximum absolute atomic E-state index is 12.3. The molecule has 0 aromatic heterocycles. The molecule has 5 heteroatoms. The van der Waals surface area contributed by atoms with Gasteiger partial charge in [0.2, 0.25) is 5.91 Å². The van der Waals surface area contributed by atoms with E-state index in [0.29, 0.717) is 11.8 Å². The summed E-state index contributed by atoms with van der Waals surface area (Å²) in [6, 6.07) is 5.90. The minimum absolute atomic E-state index is 0.306. The summed E-state index contributed by atoms with van der Waals surface area (Å²) in [6.45, 7) is 4.33. The summed E-state index contributed by atoms with van der Waals surface area (Å²) in [5.74, 6) is 2.41. The van der Waals surface area contributed by atoms with Gasteiger partial charge in [0.15, 0.2) is 0 Å². The van der Waals surface area contributed by atoms with E-state index in [4.69, 9.17) is 9.47 Å². The number of amides is 1. The molecule has 23 heavy (non-hydrogen) atoms. The zero-order valence-corrected chi connectivity index (χ0v) is 14.1. The molecule has 1 amide bonds. The Morgan fingerprint density at radius 1 is 1.13 bits per heavy atom. The molecule has 0 bridgehead atoms. The number of rotatable bonds is 5. The smallest absolute Gasteiger partial charge is 0.225 e. The molecule has 2 fully saturated rings. The Morgan fingerprint density at radius 3 is 2.43 bits per heavy atom. The summed E-state index contributed by atoms with van der Waals surface area (Å²) >= 11 is 0. The molecule has 1 aromatic carbocycles. The number of ether oxygens (including phenoxy) is 2. The fourth-order valence-electron chi connectivity index (χ4n) is 3.29. The van der Waals surface area contributed by atoms with Gasteiger partial charge in [0.05, 0.1) is 14.2 Å². The van der Waals surface area contributed by atoms with Crippen molar-refractivity contribution in [1.29, 1.82) is 0 Å². The second-order valence-corrected chi connectivity index (χ2v) is 6.41. The van der Waals surface area contributed by atoms with Crippen molar-refractivity contribution in [2.24, 2.45) is 5.92 Å². The largest absolute Gasteiger partial charge is 0.497 e. The minimum atomic E-state index is 0.306. The van der Waals surface area contributed by atoms with Crippen LogP contribution in [-0.4, -0.2) is 56.1 Å². The third-order valence-electron chi connectivity index (χ3n) is 5.02. The van der Waals surface area contributed by atoms with Crippen LogP contribution >= 0.6 is 0 Å². The van der Waals surface area contributed by atoms with Crippen LogP contribution in [0.1, 0.15) is 24.8 Å². The Bertz CT molecular complexity index is 549. The quantitative estimate of drug-likeness (QED) is 0.834. The van der Waals surface area contributed by atoms with Gasteiger partial charge in [-0.25, -0.2) is 0 Å². The van der Waals surface area contributed by atoms with Crippen molar-refractivity contribution in [3.63, 3.8) is 0 Å². The van der Waals surface area contributed by atoms with Gasteiger partial charge in [-0.05, 0) is 31.0 Å². The highest BCUT2D eigenvalue weighted by Gasteiger charge is 2.31. The summed E-state index contributed by atoms with van der Waals surface area (Å²) in [7, 11) is 3.37. The Labute approximate surface area is 138 Å². The van der Waals surface area contributed by atoms with Crippen molar-refractivity contribution in [2.45, 2.75) is 25.8 Å². The first-order valence-corrected chi connectivity index (χ1v) is 8.43. The van der Waals surface area contributed by atoms with Gasteiger partial charge in [-0.3, -0.25) is 9.69 Å². The van der Waals surface area contributed by atoms with E-state index in [2.05, 4.69) is 4.90 Å². The number of piperazine rings is 1. The molecule has 1 aromatic rings. The van der Waals surface area contributed by atoms with Crippen LogP contribution in [0.2, 0.25) is 0 Å². The average Bonchev–Trinajstić information content (AvgIpc) is 2.53. The van der Waals surface area contributed by atoms with E-state index >= 15 is 0 Å². The molecule has 1 saturated heterocycles. The highest BCUT2D eigenvalue weighted by atomic mass is 16.5. The molecule has 1 saturated carbocycles. The first kappa shape index (κ1) is 16.1. The number of nitrogens with zero attached hydrogens (tertiary/aromatic N) is 2. The molecule has 126 valence electrons. The second kappa shape index (κ2) is 7.21. The lowest BCUT2D eigenvalue weighted by atomic mass is 9.84. The molecule has 0 unspecified atom stereocenters. The van der Waals surface area contributed by atoms with Crippen LogP contribution in [0, 0.1) is 5.92 Å². The number of carbonyl (C=O) groups excluding carboxylic acids is 1. The number of carbonyl (C=O) groups is 1. The molecule has 0 radical (unpaired) electrons. The normalized spacial score (nSPS) is 19.3. The van der Waals surface area contributed by atoms with Crippen LogP contribution in [0.25, 0.3) is 0 Å². The van der Waals surface area contributed by atoms with Crippen molar-refractivity contribution >= 4 is 5.91 Å². The molecule has 0 atom stereocenters. The van der Waals surface area contributed by atoms with E-state index in [-0.39, 0.29) is 0 Å². The zero-order valence-electron chi connectivity index (χ0n) is 14.1. The van der Waals surface area contributed by atoms with Gasteiger partial charge in [0.25, 0.3) is 0 Å². The predicted octanol–water partition coefficient (Wildman–Crippen LogP) is 2.15. The molecule has 5 nitrogen and oxygen atoms in total. The zero-order chi connectivity index (χ0) is 16.2. The van der Waals surface area contributed by atoms with Gasteiger partial charge < -0.3 is 14.4 Å². The van der Waals surface area contributed by atoms with Gasteiger partial charge >= 0.3 is 0 Å². The van der Waals surface area contributed by atoms with Crippen LogP contribution in [0.15, 0.2) is 18.2 Å². The van der Waals surface area contributed by atoms with E-state index in [0.717, 1.165) is 62.6 Å². The molecule has 1 heterocycles. The van der Waals surface area contributed by atoms with Crippen molar-refractivity contribution < 1.29 is 14.3 Å². The molecule has 1 aliphatic carbocycles. The van der Waals surface area contributed by atoms with Gasteiger partial charge in [-0.2, -0.15) is 0 Å². The monoisotopic (exact) mass is 318 g/mol. The molecular weight excluding hydrogens is 292 g/mol. The lowest BCUT2D eigenvalue weighted by molar-refractivity contribution is -0.140. The Balaban J connectivity index is 1.57. The van der Waals surface area contributed by atoms with Crippen molar-refractivity contribution in [3.05, 3.63) is 23.8 Å². The average molecular weight is 318 g/mol. The fourth-order valence-corrected chi connectivity index (χ4v) is 3.29. The second-order valence-electron chi connectivity index (χ2n) is 6.41. The summed E-state index contributed by atoms with van der Waals surface area (Å²) in [6.07, 6.45) is 3.38. The summed E-state index contributed by atoms with van der Waals surface area (Å²) in [4.78, 5) is 16.7. The van der Waals surface area contributed by atoms with Crippen LogP contribution in [0.5, 0.6) is 11.5 Å². The number of methoxy groups -OCH3 is 2. The molecule has 3 rings (SSSR count). The third kappa shape index (κ3) is 3.61. The van der Waals surface area contributed by atoms with E-state index in [9.17, 15) is 4.79 Å². The Hall–Kier alpha value is -1.75. The highest BCUT2D eigenvalue weighted by Crippen LogP contribution is 2.29. The van der Waals surface area contributed by atoms with Gasteiger partial charge in [-0.15, -0.1) is 0 Å². The van der Waals surface area contributed by atoms with Crippen LogP contribution in [-0.2, 0) is 11.3 Å². The van der Waals surface area contributed by atoms with Crippen molar-refractivity contribution in [3.8, 4) is 11.5 Å². The van der Waals surface area contributed by atoms with Crippen molar-refractivity contribution in [2.75, 3.05) is 40.4 Å². The van der Waals surface area contributed by atoms with Crippen molar-refractivity contribution in [1.82, 2.24) is 9.80 Å². The fraction of sp³-hybridized carbons (Fsp3) is 0.611. The summed E-state index contributed by atoms with van der Waals surface area (Å²) in [5, 5.41) is 0. The molecule has 2 aliphatic rings. The van der Waals surface area contributed by atoms with Gasteiger partial charge in [0, 0.05) is 44.2 Å². The highest BCUT2D eigenvalue weighted by molar-refractivity contribution is 5.79. The lowest BCUT2D eigenvalue weighted by Gasteiger charge is -2.38. The number of hydrogen-bond donors (Lipinski definition) is 0. The molecule has 0 N–H and O–H groups in total. The van der Waals surface area contributed by atoms with E-state index in [1.54, 1.807) is 14.2 Å².